The number of hydrogen-bond donors (Lipinski definition) is 1. The predicted octanol–water partition coefficient (Wildman–Crippen LogP) is 3.11. The summed E-state index contributed by atoms with van der Waals surface area (Å²) in [7, 11) is 0. The van der Waals surface area contributed by atoms with Gasteiger partial charge in [-0.05, 0) is 29.8 Å². The van der Waals surface area contributed by atoms with E-state index in [-0.39, 0.29) is 18.9 Å². The van der Waals surface area contributed by atoms with Gasteiger partial charge >= 0.3 is 5.97 Å². The number of amides is 1. The molecule has 0 fully saturated rings. The van der Waals surface area contributed by atoms with Gasteiger partial charge in [0.05, 0.1) is 6.42 Å². The minimum absolute atomic E-state index is 0.154. The van der Waals surface area contributed by atoms with E-state index in [0.29, 0.717) is 5.69 Å². The van der Waals surface area contributed by atoms with Gasteiger partial charge in [-0.3, -0.25) is 9.59 Å². The van der Waals surface area contributed by atoms with Gasteiger partial charge in [0, 0.05) is 10.2 Å². The van der Waals surface area contributed by atoms with Gasteiger partial charge in [0.2, 0.25) is 5.91 Å². The van der Waals surface area contributed by atoms with Crippen molar-refractivity contribution < 1.29 is 14.7 Å². The highest BCUT2D eigenvalue weighted by molar-refractivity contribution is 9.10. The number of para-hydroxylation sites is 1. The zero-order valence-corrected chi connectivity index (χ0v) is 12.8. The van der Waals surface area contributed by atoms with Crippen LogP contribution in [0, 0.1) is 0 Å². The second kappa shape index (κ2) is 7.04. The molecule has 21 heavy (non-hydrogen) atoms. The first-order valence-electron chi connectivity index (χ1n) is 6.38. The molecule has 0 aliphatic carbocycles. The molecule has 4 nitrogen and oxygen atoms in total. The van der Waals surface area contributed by atoms with E-state index in [4.69, 9.17) is 5.11 Å². The van der Waals surface area contributed by atoms with Gasteiger partial charge in [0.1, 0.15) is 6.54 Å². The third-order valence-electron chi connectivity index (χ3n) is 2.91. The standard InChI is InChI=1S/C16H14BrNO3/c17-13-6-4-5-12(9-13)10-15(19)18(11-16(20)21)14-7-2-1-3-8-14/h1-9H,10-11H2,(H,20,21). The van der Waals surface area contributed by atoms with E-state index in [9.17, 15) is 9.59 Å². The van der Waals surface area contributed by atoms with Gasteiger partial charge in [0.25, 0.3) is 0 Å². The molecule has 1 N–H and O–H groups in total. The quantitative estimate of drug-likeness (QED) is 0.903. The molecule has 0 unspecified atom stereocenters. The molecule has 0 aliphatic rings. The monoisotopic (exact) mass is 347 g/mol. The first-order valence-corrected chi connectivity index (χ1v) is 7.17. The molecule has 0 heterocycles. The molecule has 2 aromatic rings. The van der Waals surface area contributed by atoms with Gasteiger partial charge < -0.3 is 10.0 Å². The fourth-order valence-corrected chi connectivity index (χ4v) is 2.43. The van der Waals surface area contributed by atoms with E-state index in [1.54, 1.807) is 24.3 Å². The summed E-state index contributed by atoms with van der Waals surface area (Å²) in [6.07, 6.45) is 0.154. The number of carbonyl (C=O) groups excluding carboxylic acids is 1. The topological polar surface area (TPSA) is 57.6 Å². The highest BCUT2D eigenvalue weighted by atomic mass is 79.9. The van der Waals surface area contributed by atoms with Crippen molar-refractivity contribution in [1.82, 2.24) is 0 Å². The van der Waals surface area contributed by atoms with Crippen LogP contribution in [0.15, 0.2) is 59.1 Å². The molecule has 0 aliphatic heterocycles. The molecule has 2 aromatic carbocycles. The van der Waals surface area contributed by atoms with Crippen LogP contribution in [-0.2, 0) is 16.0 Å². The van der Waals surface area contributed by atoms with Crippen molar-refractivity contribution in [3.8, 4) is 0 Å². The summed E-state index contributed by atoms with van der Waals surface area (Å²) in [5, 5.41) is 9.00. The molecule has 0 saturated carbocycles. The van der Waals surface area contributed by atoms with Crippen molar-refractivity contribution >= 4 is 33.5 Å². The predicted molar refractivity (Wildman–Crippen MR) is 84.3 cm³/mol. The number of halogens is 1. The summed E-state index contributed by atoms with van der Waals surface area (Å²) in [6.45, 7) is -0.350. The van der Waals surface area contributed by atoms with E-state index < -0.39 is 5.97 Å². The van der Waals surface area contributed by atoms with Gasteiger partial charge in [0.15, 0.2) is 0 Å². The molecule has 5 heteroatoms. The fraction of sp³-hybridized carbons (Fsp3) is 0.125. The Bertz CT molecular complexity index is 643. The van der Waals surface area contributed by atoms with E-state index >= 15 is 0 Å². The zero-order valence-electron chi connectivity index (χ0n) is 11.2. The van der Waals surface area contributed by atoms with E-state index in [1.807, 2.05) is 30.3 Å². The Morgan fingerprint density at radius 1 is 1.05 bits per heavy atom. The van der Waals surface area contributed by atoms with Crippen LogP contribution in [0.25, 0.3) is 0 Å². The smallest absolute Gasteiger partial charge is 0.323 e. The molecule has 0 bridgehead atoms. The number of anilines is 1. The average Bonchev–Trinajstić information content (AvgIpc) is 2.45. The molecular weight excluding hydrogens is 334 g/mol. The van der Waals surface area contributed by atoms with Crippen LogP contribution in [0.5, 0.6) is 0 Å². The maximum absolute atomic E-state index is 12.4. The highest BCUT2D eigenvalue weighted by Crippen LogP contribution is 2.17. The van der Waals surface area contributed by atoms with Crippen molar-refractivity contribution in [2.24, 2.45) is 0 Å². The van der Waals surface area contributed by atoms with Gasteiger partial charge in [-0.25, -0.2) is 0 Å². The van der Waals surface area contributed by atoms with Crippen molar-refractivity contribution in [2.75, 3.05) is 11.4 Å². The normalized spacial score (nSPS) is 10.1. The summed E-state index contributed by atoms with van der Waals surface area (Å²) in [5.41, 5.74) is 1.42. The van der Waals surface area contributed by atoms with Crippen LogP contribution in [-0.4, -0.2) is 23.5 Å². The van der Waals surface area contributed by atoms with Gasteiger partial charge in [-0.1, -0.05) is 46.3 Å². The molecule has 0 atom stereocenters. The Kier molecular flexibility index (Phi) is 5.11. The number of carboxylic acids is 1. The van der Waals surface area contributed by atoms with Crippen LogP contribution in [0.3, 0.4) is 0 Å². The number of aliphatic carboxylic acids is 1. The van der Waals surface area contributed by atoms with Crippen molar-refractivity contribution in [3.05, 3.63) is 64.6 Å². The fourth-order valence-electron chi connectivity index (χ4n) is 1.98. The summed E-state index contributed by atoms with van der Waals surface area (Å²) < 4.78 is 0.886. The van der Waals surface area contributed by atoms with Crippen molar-refractivity contribution in [1.29, 1.82) is 0 Å². The lowest BCUT2D eigenvalue weighted by molar-refractivity contribution is -0.136. The van der Waals surface area contributed by atoms with Crippen molar-refractivity contribution in [2.45, 2.75) is 6.42 Å². The van der Waals surface area contributed by atoms with E-state index in [1.165, 1.54) is 4.90 Å². The second-order valence-corrected chi connectivity index (χ2v) is 5.43. The number of benzene rings is 2. The van der Waals surface area contributed by atoms with Gasteiger partial charge in [-0.2, -0.15) is 0 Å². The Morgan fingerprint density at radius 2 is 1.76 bits per heavy atom. The number of nitrogens with zero attached hydrogens (tertiary/aromatic N) is 1. The largest absolute Gasteiger partial charge is 0.480 e. The Balaban J connectivity index is 2.20. The van der Waals surface area contributed by atoms with Crippen LogP contribution in [0.1, 0.15) is 5.56 Å². The molecule has 0 aromatic heterocycles. The molecule has 2 rings (SSSR count). The third-order valence-corrected chi connectivity index (χ3v) is 3.40. The van der Waals surface area contributed by atoms with Crippen LogP contribution >= 0.6 is 15.9 Å². The Morgan fingerprint density at radius 3 is 2.38 bits per heavy atom. The first kappa shape index (κ1) is 15.3. The Labute approximate surface area is 131 Å². The molecular formula is C16H14BrNO3. The van der Waals surface area contributed by atoms with Crippen LogP contribution in [0.2, 0.25) is 0 Å². The lowest BCUT2D eigenvalue weighted by Crippen LogP contribution is -2.36. The van der Waals surface area contributed by atoms with E-state index in [0.717, 1.165) is 10.0 Å². The summed E-state index contributed by atoms with van der Waals surface area (Å²) in [6, 6.07) is 16.2. The number of rotatable bonds is 5. The van der Waals surface area contributed by atoms with Crippen LogP contribution < -0.4 is 4.90 Å². The number of carboxylic acid groups (broad SMARTS) is 1. The highest BCUT2D eigenvalue weighted by Gasteiger charge is 2.18. The third kappa shape index (κ3) is 4.43. The minimum atomic E-state index is -1.04. The molecule has 1 amide bonds. The zero-order chi connectivity index (χ0) is 15.2. The molecule has 108 valence electrons. The number of hydrogen-bond acceptors (Lipinski definition) is 2. The lowest BCUT2D eigenvalue weighted by atomic mass is 10.1. The van der Waals surface area contributed by atoms with Gasteiger partial charge in [-0.15, -0.1) is 0 Å². The Hall–Kier alpha value is -2.14. The molecule has 0 saturated heterocycles. The van der Waals surface area contributed by atoms with E-state index in [2.05, 4.69) is 15.9 Å². The molecule has 0 spiro atoms. The maximum atomic E-state index is 12.4. The summed E-state index contributed by atoms with van der Waals surface area (Å²) in [4.78, 5) is 24.7. The second-order valence-electron chi connectivity index (χ2n) is 4.52. The molecule has 0 radical (unpaired) electrons. The van der Waals surface area contributed by atoms with Crippen LogP contribution in [0.4, 0.5) is 5.69 Å². The summed E-state index contributed by atoms with van der Waals surface area (Å²) in [5.74, 6) is -1.29. The maximum Gasteiger partial charge on any atom is 0.323 e. The summed E-state index contributed by atoms with van der Waals surface area (Å²) >= 11 is 3.36. The SMILES string of the molecule is O=C(O)CN(C(=O)Cc1cccc(Br)c1)c1ccccc1. The minimum Gasteiger partial charge on any atom is -0.480 e. The average molecular weight is 348 g/mol. The first-order chi connectivity index (χ1) is 10.1. The van der Waals surface area contributed by atoms with Crippen molar-refractivity contribution in [3.63, 3.8) is 0 Å². The number of carbonyl (C=O) groups is 2. The lowest BCUT2D eigenvalue weighted by Gasteiger charge is -2.21.